The molecule has 0 saturated heterocycles. The number of carboxylic acids is 1. The summed E-state index contributed by atoms with van der Waals surface area (Å²) in [6, 6.07) is 10.0. The van der Waals surface area contributed by atoms with Gasteiger partial charge in [-0.05, 0) is 37.2 Å². The smallest absolute Gasteiger partial charge is 0.328 e. The molecule has 90 valence electrons. The first kappa shape index (κ1) is 10.8. The second kappa shape index (κ2) is 3.84. The van der Waals surface area contributed by atoms with E-state index in [0.717, 1.165) is 31.2 Å². The van der Waals surface area contributed by atoms with Gasteiger partial charge in [-0.25, -0.2) is 4.79 Å². The Morgan fingerprint density at radius 1 is 1.18 bits per heavy atom. The average molecular weight is 231 g/mol. The molecule has 2 fully saturated rings. The third kappa shape index (κ3) is 1.84. The van der Waals surface area contributed by atoms with Crippen molar-refractivity contribution < 1.29 is 9.90 Å². The first-order chi connectivity index (χ1) is 8.23. The van der Waals surface area contributed by atoms with Gasteiger partial charge in [0.05, 0.1) is 0 Å². The summed E-state index contributed by atoms with van der Waals surface area (Å²) in [4.78, 5) is 11.8. The van der Waals surface area contributed by atoms with E-state index in [0.29, 0.717) is 6.04 Å². The summed E-state index contributed by atoms with van der Waals surface area (Å²) in [6.07, 6.45) is 4.24. The fraction of sp³-hybridized carbons (Fsp3) is 0.500. The highest BCUT2D eigenvalue weighted by Gasteiger charge is 2.54. The number of benzene rings is 1. The molecule has 1 atom stereocenters. The van der Waals surface area contributed by atoms with E-state index in [1.54, 1.807) is 0 Å². The molecule has 1 aromatic rings. The molecule has 2 aliphatic rings. The zero-order valence-corrected chi connectivity index (χ0v) is 9.73. The molecule has 0 bridgehead atoms. The van der Waals surface area contributed by atoms with Crippen molar-refractivity contribution in [3.63, 3.8) is 0 Å². The van der Waals surface area contributed by atoms with Crippen molar-refractivity contribution in [2.24, 2.45) is 5.92 Å². The summed E-state index contributed by atoms with van der Waals surface area (Å²) in [5.74, 6) is -0.471. The number of rotatable bonds is 5. The predicted molar refractivity (Wildman–Crippen MR) is 64.6 cm³/mol. The van der Waals surface area contributed by atoms with Crippen molar-refractivity contribution >= 4 is 5.97 Å². The second-order valence-electron chi connectivity index (χ2n) is 5.17. The number of carboxylic acid groups (broad SMARTS) is 1. The zero-order valence-electron chi connectivity index (χ0n) is 9.73. The van der Waals surface area contributed by atoms with Gasteiger partial charge < -0.3 is 5.11 Å². The van der Waals surface area contributed by atoms with Crippen LogP contribution in [0, 0.1) is 5.92 Å². The monoisotopic (exact) mass is 231 g/mol. The lowest BCUT2D eigenvalue weighted by atomic mass is 9.84. The van der Waals surface area contributed by atoms with E-state index in [-0.39, 0.29) is 5.92 Å². The summed E-state index contributed by atoms with van der Waals surface area (Å²) >= 11 is 0. The van der Waals surface area contributed by atoms with Crippen LogP contribution < -0.4 is 5.32 Å². The van der Waals surface area contributed by atoms with Crippen LogP contribution in [0.4, 0.5) is 0 Å². The lowest BCUT2D eigenvalue weighted by Gasteiger charge is -2.31. The molecule has 1 aromatic carbocycles. The lowest BCUT2D eigenvalue weighted by Crippen LogP contribution is -2.52. The van der Waals surface area contributed by atoms with Gasteiger partial charge in [0.25, 0.3) is 0 Å². The first-order valence-corrected chi connectivity index (χ1v) is 6.30. The topological polar surface area (TPSA) is 49.3 Å². The summed E-state index contributed by atoms with van der Waals surface area (Å²) in [5, 5.41) is 13.1. The molecule has 1 unspecified atom stereocenters. The van der Waals surface area contributed by atoms with Crippen molar-refractivity contribution in [1.82, 2.24) is 5.32 Å². The Labute approximate surface area is 101 Å². The largest absolute Gasteiger partial charge is 0.480 e. The van der Waals surface area contributed by atoms with Crippen LogP contribution in [-0.2, 0) is 10.3 Å². The third-order valence-electron chi connectivity index (χ3n) is 3.77. The molecule has 2 saturated carbocycles. The van der Waals surface area contributed by atoms with E-state index in [4.69, 9.17) is 0 Å². The van der Waals surface area contributed by atoms with Crippen LogP contribution in [0.15, 0.2) is 30.3 Å². The Hall–Kier alpha value is -1.35. The minimum atomic E-state index is -0.845. The quantitative estimate of drug-likeness (QED) is 0.816. The van der Waals surface area contributed by atoms with Gasteiger partial charge in [0, 0.05) is 6.04 Å². The zero-order chi connectivity index (χ0) is 11.9. The Kier molecular flexibility index (Phi) is 2.44. The maximum Gasteiger partial charge on any atom is 0.328 e. The van der Waals surface area contributed by atoms with Crippen LogP contribution in [0.1, 0.15) is 31.2 Å². The van der Waals surface area contributed by atoms with Gasteiger partial charge >= 0.3 is 5.97 Å². The summed E-state index contributed by atoms with van der Waals surface area (Å²) in [6.45, 7) is 0. The minimum absolute atomic E-state index is 0.253. The highest BCUT2D eigenvalue weighted by Crippen LogP contribution is 2.47. The molecule has 0 radical (unpaired) electrons. The van der Waals surface area contributed by atoms with Crippen LogP contribution >= 0.6 is 0 Å². The molecular weight excluding hydrogens is 214 g/mol. The fourth-order valence-corrected chi connectivity index (χ4v) is 2.56. The lowest BCUT2D eigenvalue weighted by molar-refractivity contribution is -0.146. The Morgan fingerprint density at radius 2 is 1.82 bits per heavy atom. The van der Waals surface area contributed by atoms with Gasteiger partial charge in [-0.15, -0.1) is 0 Å². The van der Waals surface area contributed by atoms with Gasteiger partial charge in [0.1, 0.15) is 5.54 Å². The van der Waals surface area contributed by atoms with Crippen LogP contribution in [0.25, 0.3) is 0 Å². The number of hydrogen-bond donors (Lipinski definition) is 2. The van der Waals surface area contributed by atoms with Crippen LogP contribution in [-0.4, -0.2) is 17.1 Å². The number of nitrogens with one attached hydrogen (secondary N) is 1. The summed E-state index contributed by atoms with van der Waals surface area (Å²) in [7, 11) is 0. The molecule has 3 heteroatoms. The molecule has 17 heavy (non-hydrogen) atoms. The van der Waals surface area contributed by atoms with Crippen LogP contribution in [0.5, 0.6) is 0 Å². The molecule has 0 heterocycles. The normalized spacial score (nSPS) is 23.1. The van der Waals surface area contributed by atoms with Crippen LogP contribution in [0.2, 0.25) is 0 Å². The fourth-order valence-electron chi connectivity index (χ4n) is 2.56. The van der Waals surface area contributed by atoms with E-state index >= 15 is 0 Å². The third-order valence-corrected chi connectivity index (χ3v) is 3.77. The molecular formula is C14H17NO2. The van der Waals surface area contributed by atoms with E-state index < -0.39 is 11.5 Å². The second-order valence-corrected chi connectivity index (χ2v) is 5.17. The van der Waals surface area contributed by atoms with E-state index in [2.05, 4.69) is 5.32 Å². The maximum atomic E-state index is 11.8. The average Bonchev–Trinajstić information content (AvgIpc) is 3.19. The minimum Gasteiger partial charge on any atom is -0.480 e. The van der Waals surface area contributed by atoms with E-state index in [1.165, 1.54) is 0 Å². The molecule has 3 rings (SSSR count). The van der Waals surface area contributed by atoms with E-state index in [1.807, 2.05) is 30.3 Å². The van der Waals surface area contributed by atoms with Crippen molar-refractivity contribution in [3.8, 4) is 0 Å². The summed E-state index contributed by atoms with van der Waals surface area (Å²) < 4.78 is 0. The van der Waals surface area contributed by atoms with Gasteiger partial charge in [-0.3, -0.25) is 5.32 Å². The first-order valence-electron chi connectivity index (χ1n) is 6.30. The number of carbonyl (C=O) groups is 1. The molecule has 0 amide bonds. The number of aliphatic carboxylic acids is 1. The van der Waals surface area contributed by atoms with E-state index in [9.17, 15) is 9.90 Å². The SMILES string of the molecule is O=C(O)C(NC1CC1)(c1ccccc1)C1CC1. The molecule has 2 N–H and O–H groups in total. The highest BCUT2D eigenvalue weighted by molar-refractivity contribution is 5.82. The van der Waals surface area contributed by atoms with Gasteiger partial charge in [0.2, 0.25) is 0 Å². The van der Waals surface area contributed by atoms with Gasteiger partial charge in [0.15, 0.2) is 0 Å². The highest BCUT2D eigenvalue weighted by atomic mass is 16.4. The Bertz CT molecular complexity index is 423. The standard InChI is InChI=1S/C14H17NO2/c16-13(17)14(11-6-7-11,15-12-8-9-12)10-4-2-1-3-5-10/h1-5,11-12,15H,6-9H2,(H,16,17). The molecule has 0 spiro atoms. The van der Waals surface area contributed by atoms with Crippen molar-refractivity contribution in [2.75, 3.05) is 0 Å². The molecule has 0 aliphatic heterocycles. The maximum absolute atomic E-state index is 11.8. The van der Waals surface area contributed by atoms with Crippen molar-refractivity contribution in [2.45, 2.75) is 37.3 Å². The molecule has 3 nitrogen and oxygen atoms in total. The van der Waals surface area contributed by atoms with Crippen molar-refractivity contribution in [3.05, 3.63) is 35.9 Å². The number of hydrogen-bond acceptors (Lipinski definition) is 2. The predicted octanol–water partition coefficient (Wildman–Crippen LogP) is 2.13. The molecule has 0 aromatic heterocycles. The molecule has 2 aliphatic carbocycles. The van der Waals surface area contributed by atoms with Gasteiger partial charge in [-0.1, -0.05) is 30.3 Å². The Morgan fingerprint density at radius 3 is 2.29 bits per heavy atom. The van der Waals surface area contributed by atoms with Crippen LogP contribution in [0.3, 0.4) is 0 Å². The van der Waals surface area contributed by atoms with Gasteiger partial charge in [-0.2, -0.15) is 0 Å². The Balaban J connectivity index is 2.01. The summed E-state index contributed by atoms with van der Waals surface area (Å²) in [5.41, 5.74) is 0.0597. The van der Waals surface area contributed by atoms with Crippen molar-refractivity contribution in [1.29, 1.82) is 0 Å².